The molecule has 88 valence electrons. The molecule has 2 rings (SSSR count). The van der Waals surface area contributed by atoms with Gasteiger partial charge in [0.1, 0.15) is 5.75 Å². The van der Waals surface area contributed by atoms with E-state index in [0.29, 0.717) is 16.5 Å². The van der Waals surface area contributed by atoms with Gasteiger partial charge in [-0.1, -0.05) is 17.2 Å². The molecular formula is C7H7ClN2O5S. The lowest BCUT2D eigenvalue weighted by atomic mass is 10.3. The molecule has 1 N–H and O–H groups in total. The molecule has 7 nitrogen and oxygen atoms in total. The average molecular weight is 267 g/mol. The van der Waals surface area contributed by atoms with Gasteiger partial charge in [0.15, 0.2) is 0 Å². The third kappa shape index (κ3) is 2.20. The standard InChI is InChI=1S/C7H7ClN2O5S/c1-13-7-4-5(2-3-6(7)8)10-9-14-16(11,12)15-10/h2-4,9H,1H3. The molecule has 0 spiro atoms. The van der Waals surface area contributed by atoms with E-state index in [9.17, 15) is 8.42 Å². The van der Waals surface area contributed by atoms with Crippen LogP contribution in [0.1, 0.15) is 0 Å². The lowest BCUT2D eigenvalue weighted by molar-refractivity contribution is 0.198. The summed E-state index contributed by atoms with van der Waals surface area (Å²) in [4.78, 5) is 0. The van der Waals surface area contributed by atoms with Crippen LogP contribution in [0, 0.1) is 0 Å². The molecule has 1 aliphatic rings. The Bertz CT molecular complexity index is 505. The smallest absolute Gasteiger partial charge is 0.440 e. The number of hydrazine groups is 1. The zero-order valence-electron chi connectivity index (χ0n) is 8.01. The maximum absolute atomic E-state index is 10.8. The van der Waals surface area contributed by atoms with Crippen LogP contribution in [0.3, 0.4) is 0 Å². The van der Waals surface area contributed by atoms with E-state index >= 15 is 0 Å². The molecule has 1 aromatic rings. The van der Waals surface area contributed by atoms with Gasteiger partial charge in [-0.05, 0) is 12.1 Å². The SMILES string of the molecule is COc1cc(N2NOS(=O)(=O)O2)ccc1Cl. The van der Waals surface area contributed by atoms with Crippen molar-refractivity contribution in [3.63, 3.8) is 0 Å². The molecular weight excluding hydrogens is 260 g/mol. The first-order valence-electron chi connectivity index (χ1n) is 4.04. The second-order valence-corrected chi connectivity index (χ2v) is 4.31. The monoisotopic (exact) mass is 266 g/mol. The molecule has 1 saturated heterocycles. The minimum Gasteiger partial charge on any atom is -0.495 e. The van der Waals surface area contributed by atoms with E-state index in [1.807, 2.05) is 0 Å². The van der Waals surface area contributed by atoms with Crippen LogP contribution >= 0.6 is 11.6 Å². The number of benzene rings is 1. The molecule has 1 fully saturated rings. The van der Waals surface area contributed by atoms with Crippen molar-refractivity contribution in [2.24, 2.45) is 0 Å². The Hall–Kier alpha value is -1.06. The van der Waals surface area contributed by atoms with Crippen LogP contribution in [-0.4, -0.2) is 15.5 Å². The van der Waals surface area contributed by atoms with E-state index < -0.39 is 10.4 Å². The van der Waals surface area contributed by atoms with E-state index in [0.717, 1.165) is 5.17 Å². The number of methoxy groups -OCH3 is 1. The molecule has 1 heterocycles. The highest BCUT2D eigenvalue weighted by molar-refractivity contribution is 7.82. The molecule has 0 bridgehead atoms. The molecule has 0 aromatic heterocycles. The van der Waals surface area contributed by atoms with Gasteiger partial charge in [0.25, 0.3) is 0 Å². The Morgan fingerprint density at radius 3 is 2.81 bits per heavy atom. The molecule has 0 saturated carbocycles. The summed E-state index contributed by atoms with van der Waals surface area (Å²) in [5, 5.41) is 1.22. The van der Waals surface area contributed by atoms with E-state index in [1.165, 1.54) is 25.3 Å². The highest BCUT2D eigenvalue weighted by Crippen LogP contribution is 2.30. The molecule has 16 heavy (non-hydrogen) atoms. The van der Waals surface area contributed by atoms with Crippen LogP contribution in [0.4, 0.5) is 5.69 Å². The number of nitrogens with one attached hydrogen (secondary N) is 1. The third-order valence-electron chi connectivity index (χ3n) is 1.76. The first kappa shape index (κ1) is 11.4. The summed E-state index contributed by atoms with van der Waals surface area (Å²) >= 11 is 5.80. The summed E-state index contributed by atoms with van der Waals surface area (Å²) in [7, 11) is -2.59. The summed E-state index contributed by atoms with van der Waals surface area (Å²) in [6, 6.07) is 4.55. The second-order valence-electron chi connectivity index (χ2n) is 2.77. The van der Waals surface area contributed by atoms with Gasteiger partial charge in [-0.2, -0.15) is 8.42 Å². The number of hydrogen-bond acceptors (Lipinski definition) is 7. The fourth-order valence-electron chi connectivity index (χ4n) is 1.07. The Balaban J connectivity index is 2.29. The minimum absolute atomic E-state index is 0.363. The van der Waals surface area contributed by atoms with Crippen molar-refractivity contribution >= 4 is 27.7 Å². The second kappa shape index (κ2) is 4.07. The van der Waals surface area contributed by atoms with Crippen molar-refractivity contribution in [1.82, 2.24) is 5.59 Å². The highest BCUT2D eigenvalue weighted by Gasteiger charge is 2.29. The minimum atomic E-state index is -4.03. The van der Waals surface area contributed by atoms with Crippen LogP contribution in [-0.2, 0) is 19.0 Å². The van der Waals surface area contributed by atoms with Gasteiger partial charge >= 0.3 is 10.4 Å². The van der Waals surface area contributed by atoms with Crippen molar-refractivity contribution in [3.05, 3.63) is 23.2 Å². The number of rotatable bonds is 2. The third-order valence-corrected chi connectivity index (χ3v) is 2.68. The molecule has 0 unspecified atom stereocenters. The quantitative estimate of drug-likeness (QED) is 0.847. The summed E-state index contributed by atoms with van der Waals surface area (Å²) in [6.07, 6.45) is 0. The van der Waals surface area contributed by atoms with E-state index in [-0.39, 0.29) is 0 Å². The van der Waals surface area contributed by atoms with E-state index in [1.54, 1.807) is 0 Å². The molecule has 0 atom stereocenters. The average Bonchev–Trinajstić information content (AvgIpc) is 2.59. The summed E-state index contributed by atoms with van der Waals surface area (Å²) < 4.78 is 35.2. The highest BCUT2D eigenvalue weighted by atomic mass is 35.5. The first-order valence-corrected chi connectivity index (χ1v) is 5.75. The van der Waals surface area contributed by atoms with Crippen molar-refractivity contribution < 1.29 is 21.7 Å². The van der Waals surface area contributed by atoms with Gasteiger partial charge in [0.2, 0.25) is 0 Å². The van der Waals surface area contributed by atoms with Gasteiger partial charge in [-0.15, -0.1) is 13.7 Å². The molecule has 9 heteroatoms. The molecule has 1 aliphatic heterocycles. The summed E-state index contributed by atoms with van der Waals surface area (Å²) in [5.41, 5.74) is 2.42. The Morgan fingerprint density at radius 2 is 2.25 bits per heavy atom. The molecule has 0 aliphatic carbocycles. The summed E-state index contributed by atoms with van der Waals surface area (Å²) in [5.74, 6) is 0.383. The van der Waals surface area contributed by atoms with Crippen molar-refractivity contribution in [2.75, 3.05) is 12.3 Å². The normalized spacial score (nSPS) is 18.8. The zero-order valence-corrected chi connectivity index (χ0v) is 9.58. The van der Waals surface area contributed by atoms with E-state index in [2.05, 4.69) is 14.2 Å². The fourth-order valence-corrected chi connectivity index (χ4v) is 1.75. The Kier molecular flexibility index (Phi) is 2.91. The molecule has 0 amide bonds. The van der Waals surface area contributed by atoms with Crippen LogP contribution in [0.25, 0.3) is 0 Å². The topological polar surface area (TPSA) is 77.1 Å². The van der Waals surface area contributed by atoms with E-state index in [4.69, 9.17) is 16.3 Å². The van der Waals surface area contributed by atoms with Crippen molar-refractivity contribution in [1.29, 1.82) is 0 Å². The van der Waals surface area contributed by atoms with Gasteiger partial charge < -0.3 is 4.74 Å². The Labute approximate surface area is 96.7 Å². The number of anilines is 1. The maximum Gasteiger partial charge on any atom is 0.440 e. The van der Waals surface area contributed by atoms with Gasteiger partial charge in [0, 0.05) is 6.07 Å². The zero-order chi connectivity index (χ0) is 11.8. The number of hydrogen-bond donors (Lipinski definition) is 1. The molecule has 0 radical (unpaired) electrons. The van der Waals surface area contributed by atoms with Crippen molar-refractivity contribution in [2.45, 2.75) is 0 Å². The fraction of sp³-hybridized carbons (Fsp3) is 0.143. The van der Waals surface area contributed by atoms with Crippen LogP contribution in [0.2, 0.25) is 5.02 Å². The molecule has 1 aromatic carbocycles. The van der Waals surface area contributed by atoms with Crippen LogP contribution in [0.5, 0.6) is 5.75 Å². The van der Waals surface area contributed by atoms with Crippen LogP contribution in [0.15, 0.2) is 18.2 Å². The number of ether oxygens (including phenoxy) is 1. The van der Waals surface area contributed by atoms with Gasteiger partial charge in [0.05, 0.1) is 17.8 Å². The van der Waals surface area contributed by atoms with Gasteiger partial charge in [-0.3, -0.25) is 0 Å². The number of halogens is 1. The Morgan fingerprint density at radius 1 is 1.50 bits per heavy atom. The first-order chi connectivity index (χ1) is 7.52. The predicted octanol–water partition coefficient (Wildman–Crippen LogP) is 0.781. The summed E-state index contributed by atoms with van der Waals surface area (Å²) in [6.45, 7) is 0. The largest absolute Gasteiger partial charge is 0.495 e. The van der Waals surface area contributed by atoms with Crippen LogP contribution < -0.4 is 15.5 Å². The van der Waals surface area contributed by atoms with Gasteiger partial charge in [-0.25, -0.2) is 0 Å². The predicted molar refractivity (Wildman–Crippen MR) is 54.7 cm³/mol. The number of nitrogens with zero attached hydrogens (tertiary/aromatic N) is 1. The van der Waals surface area contributed by atoms with Crippen molar-refractivity contribution in [3.8, 4) is 5.75 Å². The maximum atomic E-state index is 10.8. The lowest BCUT2D eigenvalue weighted by Gasteiger charge is -2.12. The lowest BCUT2D eigenvalue weighted by Crippen LogP contribution is -2.28.